The Labute approximate surface area is 57.5 Å². The molecule has 4 heteroatoms. The maximum Gasteiger partial charge on any atom is 0.0414 e. The second kappa shape index (κ2) is 5.31. The van der Waals surface area contributed by atoms with Gasteiger partial charge >= 0.3 is 0 Å². The lowest BCUT2D eigenvalue weighted by molar-refractivity contribution is -0.305. The summed E-state index contributed by atoms with van der Waals surface area (Å²) in [6.45, 7) is 0. The van der Waals surface area contributed by atoms with E-state index < -0.39 is 5.97 Å². The Morgan fingerprint density at radius 2 is 2.38 bits per heavy atom. The lowest BCUT2D eigenvalue weighted by atomic mass is 10.3. The van der Waals surface area contributed by atoms with Gasteiger partial charge < -0.3 is 9.90 Å². The summed E-state index contributed by atoms with van der Waals surface area (Å²) < 4.78 is 0. The Morgan fingerprint density at radius 1 is 1.75 bits per heavy atom. The summed E-state index contributed by atoms with van der Waals surface area (Å²) in [4.78, 5) is 9.73. The molecule has 0 aromatic carbocycles. The highest BCUT2D eigenvalue weighted by molar-refractivity contribution is 8.68. The Morgan fingerprint density at radius 3 is 2.75 bits per heavy atom. The minimum absolute atomic E-state index is 0.146. The maximum atomic E-state index is 9.73. The molecule has 0 unspecified atom stereocenters. The lowest BCUT2D eigenvalue weighted by Gasteiger charge is -1.97. The highest BCUT2D eigenvalue weighted by Gasteiger charge is 1.84. The van der Waals surface area contributed by atoms with Gasteiger partial charge in [-0.1, -0.05) is 10.8 Å². The molecular formula is C4H7O2S2-. The Hall–Kier alpha value is 0.170. The number of carboxylic acid groups (broad SMARTS) is 1. The monoisotopic (exact) mass is 151 g/mol. The largest absolute Gasteiger partial charge is 0.550 e. The van der Waals surface area contributed by atoms with E-state index in [9.17, 15) is 9.90 Å². The van der Waals surface area contributed by atoms with Crippen LogP contribution in [0.3, 0.4) is 0 Å². The molecule has 0 radical (unpaired) electrons. The minimum Gasteiger partial charge on any atom is -0.550 e. The van der Waals surface area contributed by atoms with Crippen LogP contribution >= 0.6 is 22.5 Å². The van der Waals surface area contributed by atoms with Gasteiger partial charge in [-0.3, -0.25) is 0 Å². The molecule has 0 atom stereocenters. The molecule has 0 rings (SSSR count). The van der Waals surface area contributed by atoms with Crippen LogP contribution in [-0.2, 0) is 4.79 Å². The number of carbonyl (C=O) groups excluding carboxylic acids is 1. The molecule has 0 saturated carbocycles. The standard InChI is InChI=1S/C4H8O2S2/c5-4(6)2-1-3-8-7/h7H,1-3H2,(H,5,6)/p-1. The van der Waals surface area contributed by atoms with E-state index in [2.05, 4.69) is 11.7 Å². The summed E-state index contributed by atoms with van der Waals surface area (Å²) in [5, 5.41) is 9.73. The average Bonchev–Trinajstić information content (AvgIpc) is 1.66. The lowest BCUT2D eigenvalue weighted by Crippen LogP contribution is -2.21. The number of aliphatic carboxylic acids is 1. The molecule has 0 spiro atoms. The predicted octanol–water partition coefficient (Wildman–Crippen LogP) is 0.0945. The van der Waals surface area contributed by atoms with Crippen LogP contribution in [0.1, 0.15) is 12.8 Å². The second-order valence-electron chi connectivity index (χ2n) is 1.31. The summed E-state index contributed by atoms with van der Waals surface area (Å²) in [5.41, 5.74) is 0. The zero-order chi connectivity index (χ0) is 6.41. The first-order chi connectivity index (χ1) is 3.77. The van der Waals surface area contributed by atoms with Gasteiger partial charge in [0, 0.05) is 11.7 Å². The number of hydrogen-bond acceptors (Lipinski definition) is 4. The smallest absolute Gasteiger partial charge is 0.0414 e. The van der Waals surface area contributed by atoms with E-state index in [1.807, 2.05) is 0 Å². The molecular weight excluding hydrogens is 144 g/mol. The topological polar surface area (TPSA) is 40.1 Å². The average molecular weight is 151 g/mol. The van der Waals surface area contributed by atoms with Crippen molar-refractivity contribution in [1.29, 1.82) is 0 Å². The first kappa shape index (κ1) is 8.17. The molecule has 0 fully saturated rings. The van der Waals surface area contributed by atoms with Crippen LogP contribution in [0, 0.1) is 0 Å². The molecule has 0 saturated heterocycles. The molecule has 0 bridgehead atoms. The minimum atomic E-state index is -0.979. The SMILES string of the molecule is O=C([O-])CCCSS. The van der Waals surface area contributed by atoms with Gasteiger partial charge in [0.2, 0.25) is 0 Å². The van der Waals surface area contributed by atoms with Crippen LogP contribution in [0.4, 0.5) is 0 Å². The van der Waals surface area contributed by atoms with Crippen molar-refractivity contribution < 1.29 is 9.90 Å². The first-order valence-corrected chi connectivity index (χ1v) is 4.27. The summed E-state index contributed by atoms with van der Waals surface area (Å²) in [6.07, 6.45) is 0.796. The van der Waals surface area contributed by atoms with Gasteiger partial charge in [-0.05, 0) is 12.8 Å². The van der Waals surface area contributed by atoms with Crippen molar-refractivity contribution in [2.45, 2.75) is 12.8 Å². The third-order valence-corrected chi connectivity index (χ3v) is 1.64. The molecule has 0 aliphatic carbocycles. The fourth-order valence-electron chi connectivity index (χ4n) is 0.281. The zero-order valence-corrected chi connectivity index (χ0v) is 6.00. The number of thiol groups is 1. The fraction of sp³-hybridized carbons (Fsp3) is 0.750. The van der Waals surface area contributed by atoms with Gasteiger partial charge in [-0.2, -0.15) is 0 Å². The molecule has 0 amide bonds. The van der Waals surface area contributed by atoms with Crippen LogP contribution in [0.2, 0.25) is 0 Å². The van der Waals surface area contributed by atoms with Crippen molar-refractivity contribution in [3.8, 4) is 0 Å². The molecule has 48 valence electrons. The van der Waals surface area contributed by atoms with E-state index in [0.717, 1.165) is 5.75 Å². The Kier molecular flexibility index (Phi) is 5.42. The third kappa shape index (κ3) is 6.17. The summed E-state index contributed by atoms with van der Waals surface area (Å²) in [6, 6.07) is 0. The quantitative estimate of drug-likeness (QED) is 0.352. The van der Waals surface area contributed by atoms with Gasteiger partial charge in [-0.25, -0.2) is 0 Å². The van der Waals surface area contributed by atoms with Crippen molar-refractivity contribution >= 4 is 28.4 Å². The third-order valence-electron chi connectivity index (χ3n) is 0.617. The molecule has 0 aromatic rings. The maximum absolute atomic E-state index is 9.73. The highest BCUT2D eigenvalue weighted by atomic mass is 33.1. The van der Waals surface area contributed by atoms with Crippen molar-refractivity contribution in [2.24, 2.45) is 0 Å². The van der Waals surface area contributed by atoms with E-state index in [1.165, 1.54) is 10.8 Å². The van der Waals surface area contributed by atoms with Crippen LogP contribution < -0.4 is 5.11 Å². The zero-order valence-electron chi connectivity index (χ0n) is 4.29. The normalized spacial score (nSPS) is 9.12. The molecule has 0 heterocycles. The van der Waals surface area contributed by atoms with Crippen LogP contribution in [0.25, 0.3) is 0 Å². The van der Waals surface area contributed by atoms with Crippen molar-refractivity contribution in [1.82, 2.24) is 0 Å². The number of rotatable bonds is 4. The van der Waals surface area contributed by atoms with Crippen molar-refractivity contribution in [3.63, 3.8) is 0 Å². The van der Waals surface area contributed by atoms with E-state index in [4.69, 9.17) is 0 Å². The molecule has 0 aliphatic rings. The molecule has 8 heavy (non-hydrogen) atoms. The number of hydrogen-bond donors (Lipinski definition) is 1. The van der Waals surface area contributed by atoms with Gasteiger partial charge in [0.25, 0.3) is 0 Å². The van der Waals surface area contributed by atoms with Crippen LogP contribution in [0.5, 0.6) is 0 Å². The summed E-state index contributed by atoms with van der Waals surface area (Å²) >= 11 is 3.83. The van der Waals surface area contributed by atoms with Gasteiger partial charge in [0.05, 0.1) is 0 Å². The summed E-state index contributed by atoms with van der Waals surface area (Å²) in [7, 11) is 1.35. The van der Waals surface area contributed by atoms with Gasteiger partial charge in [0.1, 0.15) is 0 Å². The Balaban J connectivity index is 2.82. The van der Waals surface area contributed by atoms with E-state index >= 15 is 0 Å². The Bertz CT molecular complexity index is 74.4. The van der Waals surface area contributed by atoms with E-state index in [-0.39, 0.29) is 6.42 Å². The van der Waals surface area contributed by atoms with Crippen LogP contribution in [-0.4, -0.2) is 11.7 Å². The second-order valence-corrected chi connectivity index (χ2v) is 2.75. The van der Waals surface area contributed by atoms with E-state index in [1.54, 1.807) is 0 Å². The fourth-order valence-corrected chi connectivity index (χ4v) is 0.942. The van der Waals surface area contributed by atoms with E-state index in [0.29, 0.717) is 6.42 Å². The first-order valence-electron chi connectivity index (χ1n) is 2.23. The number of carboxylic acids is 1. The predicted molar refractivity (Wildman–Crippen MR) is 35.7 cm³/mol. The molecule has 0 aromatic heterocycles. The van der Waals surface area contributed by atoms with Gasteiger partial charge in [-0.15, -0.1) is 11.7 Å². The van der Waals surface area contributed by atoms with Crippen LogP contribution in [0.15, 0.2) is 0 Å². The molecule has 2 nitrogen and oxygen atoms in total. The van der Waals surface area contributed by atoms with Crippen molar-refractivity contribution in [2.75, 3.05) is 5.75 Å². The molecule has 0 aliphatic heterocycles. The van der Waals surface area contributed by atoms with Crippen molar-refractivity contribution in [3.05, 3.63) is 0 Å². The number of carbonyl (C=O) groups is 1. The van der Waals surface area contributed by atoms with Gasteiger partial charge in [0.15, 0.2) is 0 Å². The molecule has 0 N–H and O–H groups in total. The summed E-state index contributed by atoms with van der Waals surface area (Å²) in [5.74, 6) is -0.204. The highest BCUT2D eigenvalue weighted by Crippen LogP contribution is 2.06.